The van der Waals surface area contributed by atoms with Gasteiger partial charge in [0.2, 0.25) is 5.91 Å². The Kier molecular flexibility index (Phi) is 4.67. The molecule has 0 radical (unpaired) electrons. The molecule has 7 heteroatoms. The molecular formula is C15H14FN3O3. The Morgan fingerprint density at radius 1 is 1.23 bits per heavy atom. The molecule has 0 aliphatic carbocycles. The second-order valence-electron chi connectivity index (χ2n) is 4.62. The summed E-state index contributed by atoms with van der Waals surface area (Å²) in [4.78, 5) is 22.2. The molecule has 0 aliphatic heterocycles. The lowest BCUT2D eigenvalue weighted by Crippen LogP contribution is -2.22. The van der Waals surface area contributed by atoms with Crippen LogP contribution in [0.1, 0.15) is 5.56 Å². The molecule has 0 bridgehead atoms. The fraction of sp³-hybridized carbons (Fsp3) is 0.133. The first kappa shape index (κ1) is 15.4. The van der Waals surface area contributed by atoms with Crippen LogP contribution in [0.4, 0.5) is 21.5 Å². The normalized spacial score (nSPS) is 10.1. The molecule has 0 atom stereocenters. The maximum atomic E-state index is 12.8. The average molecular weight is 303 g/mol. The topological polar surface area (TPSA) is 84.3 Å². The Balaban J connectivity index is 1.98. The molecule has 114 valence electrons. The number of carbonyl (C=O) groups is 1. The number of nitro groups is 1. The van der Waals surface area contributed by atoms with Crippen LogP contribution in [0.25, 0.3) is 0 Å². The summed E-state index contributed by atoms with van der Waals surface area (Å²) in [5.74, 6) is -0.721. The van der Waals surface area contributed by atoms with Crippen molar-refractivity contribution in [3.8, 4) is 0 Å². The van der Waals surface area contributed by atoms with Crippen molar-refractivity contribution >= 4 is 23.0 Å². The molecule has 2 rings (SSSR count). The van der Waals surface area contributed by atoms with Gasteiger partial charge >= 0.3 is 0 Å². The van der Waals surface area contributed by atoms with Gasteiger partial charge in [0.05, 0.1) is 11.5 Å². The summed E-state index contributed by atoms with van der Waals surface area (Å²) in [7, 11) is 0. The van der Waals surface area contributed by atoms with Crippen molar-refractivity contribution < 1.29 is 14.1 Å². The van der Waals surface area contributed by atoms with Crippen LogP contribution < -0.4 is 10.6 Å². The summed E-state index contributed by atoms with van der Waals surface area (Å²) in [5.41, 5.74) is 1.44. The third-order valence-electron chi connectivity index (χ3n) is 3.07. The minimum Gasteiger partial charge on any atom is -0.376 e. The van der Waals surface area contributed by atoms with Crippen LogP contribution in [0.5, 0.6) is 0 Å². The number of amides is 1. The number of carbonyl (C=O) groups excluding carboxylic acids is 1. The van der Waals surface area contributed by atoms with Gasteiger partial charge in [-0.1, -0.05) is 6.07 Å². The van der Waals surface area contributed by atoms with Gasteiger partial charge in [-0.3, -0.25) is 14.9 Å². The molecular weight excluding hydrogens is 289 g/mol. The summed E-state index contributed by atoms with van der Waals surface area (Å²) in [6, 6.07) is 10.00. The van der Waals surface area contributed by atoms with E-state index in [1.54, 1.807) is 19.1 Å². The zero-order valence-corrected chi connectivity index (χ0v) is 11.8. The first-order valence-electron chi connectivity index (χ1n) is 6.50. The lowest BCUT2D eigenvalue weighted by atomic mass is 10.1. The highest BCUT2D eigenvalue weighted by molar-refractivity contribution is 5.93. The highest BCUT2D eigenvalue weighted by Gasteiger charge is 2.13. The number of nitrogens with zero attached hydrogens (tertiary/aromatic N) is 1. The average Bonchev–Trinajstić information content (AvgIpc) is 2.48. The fourth-order valence-corrected chi connectivity index (χ4v) is 1.93. The van der Waals surface area contributed by atoms with E-state index >= 15 is 0 Å². The molecule has 2 aromatic rings. The monoisotopic (exact) mass is 303 g/mol. The molecule has 0 aromatic heterocycles. The van der Waals surface area contributed by atoms with Crippen LogP contribution in [-0.2, 0) is 4.79 Å². The van der Waals surface area contributed by atoms with Gasteiger partial charge in [-0.25, -0.2) is 4.39 Å². The highest BCUT2D eigenvalue weighted by atomic mass is 19.1. The molecule has 1 amide bonds. The first-order valence-corrected chi connectivity index (χ1v) is 6.50. The molecule has 2 N–H and O–H groups in total. The second kappa shape index (κ2) is 6.66. The molecule has 2 aromatic carbocycles. The van der Waals surface area contributed by atoms with E-state index < -0.39 is 4.92 Å². The van der Waals surface area contributed by atoms with Gasteiger partial charge < -0.3 is 10.6 Å². The Morgan fingerprint density at radius 2 is 1.91 bits per heavy atom. The van der Waals surface area contributed by atoms with E-state index in [2.05, 4.69) is 10.6 Å². The number of rotatable bonds is 5. The number of nitro benzene ring substituents is 1. The van der Waals surface area contributed by atoms with E-state index in [-0.39, 0.29) is 24.0 Å². The van der Waals surface area contributed by atoms with Crippen LogP contribution >= 0.6 is 0 Å². The number of hydrogen-bond acceptors (Lipinski definition) is 4. The Hall–Kier alpha value is -2.96. The highest BCUT2D eigenvalue weighted by Crippen LogP contribution is 2.24. The van der Waals surface area contributed by atoms with E-state index in [1.165, 1.54) is 30.3 Å². The first-order chi connectivity index (χ1) is 10.5. The van der Waals surface area contributed by atoms with Gasteiger partial charge in [-0.05, 0) is 37.3 Å². The number of halogens is 1. The zero-order valence-electron chi connectivity index (χ0n) is 11.8. The molecule has 0 fully saturated rings. The van der Waals surface area contributed by atoms with Gasteiger partial charge in [0.25, 0.3) is 5.69 Å². The molecule has 0 saturated carbocycles. The molecule has 22 heavy (non-hydrogen) atoms. The van der Waals surface area contributed by atoms with Crippen molar-refractivity contribution in [3.63, 3.8) is 0 Å². The smallest absolute Gasteiger partial charge is 0.274 e. The summed E-state index contributed by atoms with van der Waals surface area (Å²) < 4.78 is 12.8. The maximum Gasteiger partial charge on any atom is 0.274 e. The predicted octanol–water partition coefficient (Wildman–Crippen LogP) is 3.09. The maximum absolute atomic E-state index is 12.8. The van der Waals surface area contributed by atoms with Crippen molar-refractivity contribution in [1.29, 1.82) is 0 Å². The summed E-state index contributed by atoms with van der Waals surface area (Å²) in [6.45, 7) is 1.55. The van der Waals surface area contributed by atoms with Crippen molar-refractivity contribution in [2.75, 3.05) is 17.2 Å². The Labute approximate surface area is 126 Å². The summed E-state index contributed by atoms with van der Waals surface area (Å²) >= 11 is 0. The van der Waals surface area contributed by atoms with E-state index in [9.17, 15) is 19.3 Å². The number of anilines is 2. The largest absolute Gasteiger partial charge is 0.376 e. The van der Waals surface area contributed by atoms with Crippen LogP contribution in [0, 0.1) is 22.9 Å². The van der Waals surface area contributed by atoms with Crippen LogP contribution in [0.2, 0.25) is 0 Å². The van der Waals surface area contributed by atoms with Gasteiger partial charge in [0.15, 0.2) is 0 Å². The second-order valence-corrected chi connectivity index (χ2v) is 4.62. The quantitative estimate of drug-likeness (QED) is 0.656. The van der Waals surface area contributed by atoms with E-state index in [4.69, 9.17) is 0 Å². The van der Waals surface area contributed by atoms with Crippen molar-refractivity contribution in [2.45, 2.75) is 6.92 Å². The molecule has 6 nitrogen and oxygen atoms in total. The summed E-state index contributed by atoms with van der Waals surface area (Å²) in [5, 5.41) is 16.3. The molecule has 0 saturated heterocycles. The van der Waals surface area contributed by atoms with E-state index in [0.717, 1.165) is 0 Å². The fourth-order valence-electron chi connectivity index (χ4n) is 1.93. The third kappa shape index (κ3) is 3.78. The molecule has 0 unspecified atom stereocenters. The van der Waals surface area contributed by atoms with Gasteiger partial charge in [-0.2, -0.15) is 0 Å². The van der Waals surface area contributed by atoms with Crippen LogP contribution in [0.3, 0.4) is 0 Å². The molecule has 0 spiro atoms. The lowest BCUT2D eigenvalue weighted by Gasteiger charge is -2.10. The van der Waals surface area contributed by atoms with Crippen molar-refractivity contribution in [2.24, 2.45) is 0 Å². The minimum atomic E-state index is -0.473. The van der Waals surface area contributed by atoms with Gasteiger partial charge in [0.1, 0.15) is 5.82 Å². The number of nitrogens with one attached hydrogen (secondary N) is 2. The minimum absolute atomic E-state index is 0.0102. The van der Waals surface area contributed by atoms with Crippen LogP contribution in [-0.4, -0.2) is 17.4 Å². The Morgan fingerprint density at radius 3 is 2.55 bits per heavy atom. The van der Waals surface area contributed by atoms with E-state index in [1.807, 2.05) is 0 Å². The van der Waals surface area contributed by atoms with E-state index in [0.29, 0.717) is 16.9 Å². The third-order valence-corrected chi connectivity index (χ3v) is 3.07. The Bertz CT molecular complexity index is 702. The standard InChI is InChI=1S/C15H14FN3O3/c1-10-13(3-2-4-14(10)19(21)22)17-9-15(20)18-12-7-5-11(16)6-8-12/h2-8,17H,9H2,1H3,(H,18,20). The summed E-state index contributed by atoms with van der Waals surface area (Å²) in [6.07, 6.45) is 0. The lowest BCUT2D eigenvalue weighted by molar-refractivity contribution is -0.385. The molecule has 0 heterocycles. The van der Waals surface area contributed by atoms with Gasteiger partial charge in [0, 0.05) is 23.0 Å². The molecule has 0 aliphatic rings. The van der Waals surface area contributed by atoms with Gasteiger partial charge in [-0.15, -0.1) is 0 Å². The SMILES string of the molecule is Cc1c(NCC(=O)Nc2ccc(F)cc2)cccc1[N+](=O)[O-]. The van der Waals surface area contributed by atoms with Crippen molar-refractivity contribution in [3.05, 3.63) is 64.0 Å². The van der Waals surface area contributed by atoms with Crippen LogP contribution in [0.15, 0.2) is 42.5 Å². The van der Waals surface area contributed by atoms with Crippen molar-refractivity contribution in [1.82, 2.24) is 0 Å². The number of hydrogen-bond donors (Lipinski definition) is 2. The predicted molar refractivity (Wildman–Crippen MR) is 81.4 cm³/mol. The number of benzene rings is 2. The zero-order chi connectivity index (χ0) is 16.1.